The smallest absolute Gasteiger partial charge is 0.395 e. The van der Waals surface area contributed by atoms with Gasteiger partial charge in [-0.2, -0.15) is 0 Å². The van der Waals surface area contributed by atoms with Crippen LogP contribution in [0.2, 0.25) is 0 Å². The molecule has 0 spiro atoms. The highest BCUT2D eigenvalue weighted by Crippen LogP contribution is 2.42. The standard InChI is InChI=1S/C20H15F2N5O3/c21-20(22)29-16-8-13-14(9-17(16)30-20)26-19(25-13)27-18(28)12-4-1-3-11(7-12)15-10-23-5-2-6-24-15/h1-4,6-9,23H,5,10H2,(H2,25,26,27,28). The Morgan fingerprint density at radius 3 is 2.87 bits per heavy atom. The molecular weight excluding hydrogens is 396 g/mol. The number of nitrogens with one attached hydrogen (secondary N) is 3. The van der Waals surface area contributed by atoms with Gasteiger partial charge < -0.3 is 19.8 Å². The summed E-state index contributed by atoms with van der Waals surface area (Å²) in [6.07, 6.45) is -0.0501. The van der Waals surface area contributed by atoms with Crippen LogP contribution in [0.1, 0.15) is 15.9 Å². The van der Waals surface area contributed by atoms with E-state index in [0.29, 0.717) is 23.1 Å². The number of alkyl halides is 2. The van der Waals surface area contributed by atoms with Gasteiger partial charge in [-0.1, -0.05) is 18.2 Å². The summed E-state index contributed by atoms with van der Waals surface area (Å²) in [5, 5.41) is 5.90. The van der Waals surface area contributed by atoms with Crippen molar-refractivity contribution in [3.8, 4) is 11.5 Å². The summed E-state index contributed by atoms with van der Waals surface area (Å²) in [5.41, 5.74) is 2.86. The van der Waals surface area contributed by atoms with Crippen molar-refractivity contribution in [3.63, 3.8) is 0 Å². The average Bonchev–Trinajstić information content (AvgIpc) is 3.09. The molecule has 0 fully saturated rings. The number of halogens is 2. The van der Waals surface area contributed by atoms with E-state index in [1.165, 1.54) is 12.1 Å². The van der Waals surface area contributed by atoms with Crippen molar-refractivity contribution in [1.82, 2.24) is 15.3 Å². The van der Waals surface area contributed by atoms with Gasteiger partial charge in [-0.25, -0.2) is 4.98 Å². The van der Waals surface area contributed by atoms with Crippen LogP contribution < -0.4 is 20.1 Å². The van der Waals surface area contributed by atoms with E-state index in [9.17, 15) is 13.6 Å². The summed E-state index contributed by atoms with van der Waals surface area (Å²) < 4.78 is 35.2. The lowest BCUT2D eigenvalue weighted by Gasteiger charge is -2.07. The lowest BCUT2D eigenvalue weighted by Crippen LogP contribution is -2.25. The molecule has 0 atom stereocenters. The van der Waals surface area contributed by atoms with Gasteiger partial charge in [-0.05, 0) is 17.7 Å². The lowest BCUT2D eigenvalue weighted by molar-refractivity contribution is -0.286. The van der Waals surface area contributed by atoms with E-state index in [1.807, 2.05) is 12.1 Å². The number of amides is 1. The molecule has 2 aliphatic heterocycles. The SMILES string of the molecule is O=C(Nc1nc2cc3c(cc2[nH]1)OC(F)(F)O3)c1cccc(C2=NC=CCNC2)c1. The van der Waals surface area contributed by atoms with Crippen LogP contribution in [0.15, 0.2) is 53.7 Å². The molecule has 1 amide bonds. The maximum atomic E-state index is 13.2. The molecule has 2 aliphatic rings. The van der Waals surface area contributed by atoms with Gasteiger partial charge in [-0.3, -0.25) is 15.1 Å². The molecule has 152 valence electrons. The quantitative estimate of drug-likeness (QED) is 0.615. The third kappa shape index (κ3) is 3.48. The number of aliphatic imine (C=N–C) groups is 1. The van der Waals surface area contributed by atoms with Crippen LogP contribution in [-0.2, 0) is 0 Å². The molecule has 0 unspecified atom stereocenters. The first-order valence-corrected chi connectivity index (χ1v) is 9.11. The number of carbonyl (C=O) groups excluding carboxylic acids is 1. The zero-order chi connectivity index (χ0) is 20.7. The third-order valence-corrected chi connectivity index (χ3v) is 4.59. The predicted molar refractivity (Wildman–Crippen MR) is 105 cm³/mol. The van der Waals surface area contributed by atoms with Crippen LogP contribution in [0.4, 0.5) is 14.7 Å². The number of hydrogen-bond donors (Lipinski definition) is 3. The number of benzene rings is 2. The highest BCUT2D eigenvalue weighted by atomic mass is 19.3. The van der Waals surface area contributed by atoms with Crippen molar-refractivity contribution in [2.75, 3.05) is 18.4 Å². The van der Waals surface area contributed by atoms with E-state index < -0.39 is 6.29 Å². The molecule has 3 N–H and O–H groups in total. The minimum absolute atomic E-state index is 0.103. The van der Waals surface area contributed by atoms with E-state index in [0.717, 1.165) is 17.8 Å². The number of ether oxygens (including phenoxy) is 2. The first-order chi connectivity index (χ1) is 14.5. The Hall–Kier alpha value is -3.79. The highest BCUT2D eigenvalue weighted by Gasteiger charge is 2.43. The molecule has 8 nitrogen and oxygen atoms in total. The van der Waals surface area contributed by atoms with Crippen LogP contribution in [0.25, 0.3) is 11.0 Å². The van der Waals surface area contributed by atoms with Crippen LogP contribution in [-0.4, -0.2) is 41.0 Å². The molecule has 5 rings (SSSR count). The number of aromatic nitrogens is 2. The van der Waals surface area contributed by atoms with Crippen LogP contribution in [0.5, 0.6) is 11.5 Å². The molecule has 0 bridgehead atoms. The molecular formula is C20H15F2N5O3. The fourth-order valence-electron chi connectivity index (χ4n) is 3.22. The number of rotatable bonds is 3. The van der Waals surface area contributed by atoms with Gasteiger partial charge in [-0.15, -0.1) is 8.78 Å². The number of imidazole rings is 1. The van der Waals surface area contributed by atoms with Gasteiger partial charge in [0.15, 0.2) is 11.5 Å². The number of aromatic amines is 1. The highest BCUT2D eigenvalue weighted by molar-refractivity contribution is 6.08. The van der Waals surface area contributed by atoms with Crippen LogP contribution in [0.3, 0.4) is 0 Å². The fourth-order valence-corrected chi connectivity index (χ4v) is 3.22. The summed E-state index contributed by atoms with van der Waals surface area (Å²) in [4.78, 5) is 24.2. The minimum Gasteiger partial charge on any atom is -0.395 e. The van der Waals surface area contributed by atoms with Crippen molar-refractivity contribution >= 4 is 28.6 Å². The number of hydrogen-bond acceptors (Lipinski definition) is 6. The van der Waals surface area contributed by atoms with Gasteiger partial charge in [0.05, 0.1) is 16.7 Å². The monoisotopic (exact) mass is 411 g/mol. The molecule has 1 aromatic heterocycles. The summed E-state index contributed by atoms with van der Waals surface area (Å²) in [6, 6.07) is 9.76. The number of H-pyrrole nitrogens is 1. The third-order valence-electron chi connectivity index (χ3n) is 4.59. The topological polar surface area (TPSA) is 101 Å². The van der Waals surface area contributed by atoms with Crippen molar-refractivity contribution in [3.05, 3.63) is 59.8 Å². The lowest BCUT2D eigenvalue weighted by atomic mass is 10.1. The molecule has 10 heteroatoms. The number of anilines is 1. The second kappa shape index (κ2) is 6.92. The van der Waals surface area contributed by atoms with E-state index >= 15 is 0 Å². The van der Waals surface area contributed by atoms with Gasteiger partial charge in [0, 0.05) is 37.0 Å². The van der Waals surface area contributed by atoms with Gasteiger partial charge >= 0.3 is 6.29 Å². The second-order valence-electron chi connectivity index (χ2n) is 6.70. The molecule has 3 aromatic rings. The summed E-state index contributed by atoms with van der Waals surface area (Å²) >= 11 is 0. The first-order valence-electron chi connectivity index (χ1n) is 9.11. The molecule has 2 aromatic carbocycles. The zero-order valence-electron chi connectivity index (χ0n) is 15.4. The van der Waals surface area contributed by atoms with Crippen molar-refractivity contribution in [2.45, 2.75) is 6.29 Å². The van der Waals surface area contributed by atoms with Crippen molar-refractivity contribution in [2.24, 2.45) is 4.99 Å². The molecule has 0 radical (unpaired) electrons. The normalized spacial score (nSPS) is 16.9. The maximum Gasteiger partial charge on any atom is 0.586 e. The maximum absolute atomic E-state index is 13.2. The van der Waals surface area contributed by atoms with Gasteiger partial charge in [0.1, 0.15) is 0 Å². The Morgan fingerprint density at radius 2 is 2.00 bits per heavy atom. The molecule has 0 saturated carbocycles. The predicted octanol–water partition coefficient (Wildman–Crippen LogP) is 3.04. The summed E-state index contributed by atoms with van der Waals surface area (Å²) in [5.74, 6) is -0.419. The van der Waals surface area contributed by atoms with Gasteiger partial charge in [0.2, 0.25) is 5.95 Å². The van der Waals surface area contributed by atoms with Crippen LogP contribution in [0, 0.1) is 0 Å². The Morgan fingerprint density at radius 1 is 1.17 bits per heavy atom. The Balaban J connectivity index is 1.37. The first kappa shape index (κ1) is 18.3. The van der Waals surface area contributed by atoms with E-state index in [2.05, 4.69) is 35.1 Å². The molecule has 0 aliphatic carbocycles. The summed E-state index contributed by atoms with van der Waals surface area (Å²) in [6.45, 7) is 1.33. The van der Waals surface area contributed by atoms with Gasteiger partial charge in [0.25, 0.3) is 5.91 Å². The van der Waals surface area contributed by atoms with E-state index in [1.54, 1.807) is 24.4 Å². The Labute approximate surface area is 168 Å². The summed E-state index contributed by atoms with van der Waals surface area (Å²) in [7, 11) is 0. The number of carbonyl (C=O) groups is 1. The molecule has 3 heterocycles. The second-order valence-corrected chi connectivity index (χ2v) is 6.70. The van der Waals surface area contributed by atoms with E-state index in [-0.39, 0.29) is 23.4 Å². The largest absolute Gasteiger partial charge is 0.586 e. The zero-order valence-corrected chi connectivity index (χ0v) is 15.4. The minimum atomic E-state index is -3.70. The molecule has 0 saturated heterocycles. The number of nitrogens with zero attached hydrogens (tertiary/aromatic N) is 2. The van der Waals surface area contributed by atoms with Crippen molar-refractivity contribution in [1.29, 1.82) is 0 Å². The molecule has 30 heavy (non-hydrogen) atoms. The van der Waals surface area contributed by atoms with E-state index in [4.69, 9.17) is 0 Å². The average molecular weight is 411 g/mol. The Kier molecular flexibility index (Phi) is 4.21. The number of fused-ring (bicyclic) bond motifs is 2. The fraction of sp³-hybridized carbons (Fsp3) is 0.150. The Bertz CT molecular complexity index is 1170. The van der Waals surface area contributed by atoms with Crippen molar-refractivity contribution < 1.29 is 23.0 Å². The van der Waals surface area contributed by atoms with Crippen LogP contribution >= 0.6 is 0 Å².